The summed E-state index contributed by atoms with van der Waals surface area (Å²) < 4.78 is 8.11. The highest BCUT2D eigenvalue weighted by Gasteiger charge is 2.24. The van der Waals surface area contributed by atoms with E-state index in [1.165, 1.54) is 0 Å². The number of carboxylic acids is 1. The predicted molar refractivity (Wildman–Crippen MR) is 118 cm³/mol. The average molecular weight is 421 g/mol. The number of anilines is 1. The molecule has 1 N–H and O–H groups in total. The van der Waals surface area contributed by atoms with Crippen LogP contribution in [0.4, 0.5) is 5.82 Å². The lowest BCUT2D eigenvalue weighted by Gasteiger charge is -2.28. The minimum atomic E-state index is -0.976. The Labute approximate surface area is 180 Å². The van der Waals surface area contributed by atoms with Gasteiger partial charge in [0.15, 0.2) is 0 Å². The molecule has 5 nitrogen and oxygen atoms in total. The average Bonchev–Trinajstić information content (AvgIpc) is 3.14. The molecule has 4 rings (SSSR count). The molecule has 0 saturated heterocycles. The number of aromatic nitrogens is 1. The lowest BCUT2D eigenvalue weighted by atomic mass is 10.2. The van der Waals surface area contributed by atoms with Gasteiger partial charge < -0.3 is 14.7 Å². The monoisotopic (exact) mass is 420 g/mol. The summed E-state index contributed by atoms with van der Waals surface area (Å²) in [6, 6.07) is 19.2. The van der Waals surface area contributed by atoms with Crippen molar-refractivity contribution in [2.24, 2.45) is 0 Å². The normalized spacial score (nSPS) is 13.3. The third-order valence-corrected chi connectivity index (χ3v) is 5.15. The highest BCUT2D eigenvalue weighted by Crippen LogP contribution is 2.34. The van der Waals surface area contributed by atoms with Gasteiger partial charge in [-0.1, -0.05) is 54.1 Å². The van der Waals surface area contributed by atoms with Gasteiger partial charge in [0, 0.05) is 17.3 Å². The molecule has 0 radical (unpaired) electrons. The third-order valence-electron chi connectivity index (χ3n) is 4.92. The van der Waals surface area contributed by atoms with Crippen molar-refractivity contribution in [3.63, 3.8) is 0 Å². The van der Waals surface area contributed by atoms with Gasteiger partial charge in [0.25, 0.3) is 0 Å². The van der Waals surface area contributed by atoms with Crippen LogP contribution in [0, 0.1) is 6.92 Å². The van der Waals surface area contributed by atoms with Gasteiger partial charge in [-0.15, -0.1) is 0 Å². The van der Waals surface area contributed by atoms with Crippen LogP contribution in [0.25, 0.3) is 5.69 Å². The second-order valence-electron chi connectivity index (χ2n) is 6.95. The standard InChI is InChI=1S/C24H21ClN2O3/c1-17-10-13-23(26-14-6-5-9-20(26)24(28)29)27(17)21-15-19(25)11-12-22(21)30-16-18-7-3-2-4-8-18/h2-13,15H,14,16H2,1H3,(H,28,29). The number of halogens is 1. The maximum absolute atomic E-state index is 11.8. The molecule has 6 heteroatoms. The Bertz CT molecular complexity index is 1130. The zero-order chi connectivity index (χ0) is 21.1. The number of rotatable bonds is 6. The van der Waals surface area contributed by atoms with Crippen molar-refractivity contribution in [2.45, 2.75) is 13.5 Å². The fourth-order valence-electron chi connectivity index (χ4n) is 3.49. The first-order chi connectivity index (χ1) is 14.5. The van der Waals surface area contributed by atoms with Crippen LogP contribution in [0.1, 0.15) is 11.3 Å². The van der Waals surface area contributed by atoms with Gasteiger partial charge >= 0.3 is 5.97 Å². The van der Waals surface area contributed by atoms with E-state index in [0.717, 1.165) is 22.8 Å². The van der Waals surface area contributed by atoms with E-state index >= 15 is 0 Å². The maximum atomic E-state index is 11.8. The SMILES string of the molecule is Cc1ccc(N2CC=CC=C2C(=O)O)n1-c1cc(Cl)ccc1OCc1ccccc1. The molecule has 0 atom stereocenters. The van der Waals surface area contributed by atoms with Gasteiger partial charge in [-0.25, -0.2) is 4.79 Å². The highest BCUT2D eigenvalue weighted by molar-refractivity contribution is 6.30. The Hall–Kier alpha value is -3.44. The number of carboxylic acid groups (broad SMARTS) is 1. The summed E-state index contributed by atoms with van der Waals surface area (Å²) in [5.41, 5.74) is 2.97. The second-order valence-corrected chi connectivity index (χ2v) is 7.39. The Morgan fingerprint density at radius 2 is 1.93 bits per heavy atom. The number of aryl methyl sites for hydroxylation is 1. The van der Waals surface area contributed by atoms with Crippen molar-refractivity contribution >= 4 is 23.4 Å². The Kier molecular flexibility index (Phi) is 5.63. The minimum Gasteiger partial charge on any atom is -0.487 e. The van der Waals surface area contributed by atoms with E-state index in [2.05, 4.69) is 0 Å². The summed E-state index contributed by atoms with van der Waals surface area (Å²) in [7, 11) is 0. The van der Waals surface area contributed by atoms with Gasteiger partial charge in [-0.3, -0.25) is 4.57 Å². The van der Waals surface area contributed by atoms with Crippen molar-refractivity contribution in [3.05, 3.63) is 101 Å². The zero-order valence-corrected chi connectivity index (χ0v) is 17.2. The molecule has 0 aliphatic carbocycles. The summed E-state index contributed by atoms with van der Waals surface area (Å²) in [6.07, 6.45) is 5.28. The van der Waals surface area contributed by atoms with Gasteiger partial charge in [-0.2, -0.15) is 0 Å². The molecule has 0 fully saturated rings. The van der Waals surface area contributed by atoms with Crippen LogP contribution >= 0.6 is 11.6 Å². The van der Waals surface area contributed by atoms with E-state index in [9.17, 15) is 9.90 Å². The van der Waals surface area contributed by atoms with Crippen LogP contribution in [0.5, 0.6) is 5.75 Å². The molecule has 152 valence electrons. The number of carbonyl (C=O) groups is 1. The van der Waals surface area contributed by atoms with Crippen LogP contribution in [0.15, 0.2) is 84.6 Å². The van der Waals surface area contributed by atoms with Crippen molar-refractivity contribution in [3.8, 4) is 11.4 Å². The van der Waals surface area contributed by atoms with Crippen LogP contribution in [-0.2, 0) is 11.4 Å². The summed E-state index contributed by atoms with van der Waals surface area (Å²) >= 11 is 6.32. The molecule has 2 aromatic carbocycles. The number of hydrogen-bond donors (Lipinski definition) is 1. The van der Waals surface area contributed by atoms with E-state index < -0.39 is 5.97 Å². The fourth-order valence-corrected chi connectivity index (χ4v) is 3.66. The van der Waals surface area contributed by atoms with Crippen molar-refractivity contribution in [1.82, 2.24) is 4.57 Å². The molecule has 1 aliphatic heterocycles. The summed E-state index contributed by atoms with van der Waals surface area (Å²) in [5, 5.41) is 10.2. The third kappa shape index (κ3) is 3.98. The van der Waals surface area contributed by atoms with Crippen molar-refractivity contribution < 1.29 is 14.6 Å². The fraction of sp³-hybridized carbons (Fsp3) is 0.125. The number of benzene rings is 2. The predicted octanol–water partition coefficient (Wildman–Crippen LogP) is 5.36. The minimum absolute atomic E-state index is 0.214. The molecule has 0 bridgehead atoms. The molecule has 3 aromatic rings. The Balaban J connectivity index is 1.75. The second kappa shape index (κ2) is 8.51. The summed E-state index contributed by atoms with van der Waals surface area (Å²) in [4.78, 5) is 13.5. The highest BCUT2D eigenvalue weighted by atomic mass is 35.5. The van der Waals surface area contributed by atoms with Gasteiger partial charge in [0.05, 0.1) is 5.69 Å². The molecular weight excluding hydrogens is 400 g/mol. The summed E-state index contributed by atoms with van der Waals surface area (Å²) in [5.74, 6) is 0.422. The van der Waals surface area contributed by atoms with Crippen molar-refractivity contribution in [2.75, 3.05) is 11.4 Å². The maximum Gasteiger partial charge on any atom is 0.352 e. The van der Waals surface area contributed by atoms with E-state index in [0.29, 0.717) is 23.9 Å². The van der Waals surface area contributed by atoms with Crippen LogP contribution < -0.4 is 9.64 Å². The molecular formula is C24H21ClN2O3. The number of aliphatic carboxylic acids is 1. The Morgan fingerprint density at radius 1 is 1.13 bits per heavy atom. The smallest absolute Gasteiger partial charge is 0.352 e. The molecule has 2 heterocycles. The van der Waals surface area contributed by atoms with E-state index in [1.807, 2.05) is 72.2 Å². The number of allylic oxidation sites excluding steroid dienone is 2. The summed E-state index contributed by atoms with van der Waals surface area (Å²) in [6.45, 7) is 2.84. The molecule has 1 aliphatic rings. The first kappa shape index (κ1) is 19.9. The van der Waals surface area contributed by atoms with E-state index in [-0.39, 0.29) is 5.70 Å². The topological polar surface area (TPSA) is 54.7 Å². The molecule has 0 spiro atoms. The lowest BCUT2D eigenvalue weighted by Crippen LogP contribution is -2.31. The quantitative estimate of drug-likeness (QED) is 0.583. The molecule has 0 saturated carbocycles. The molecule has 1 aromatic heterocycles. The van der Waals surface area contributed by atoms with Crippen LogP contribution in [-0.4, -0.2) is 22.2 Å². The van der Waals surface area contributed by atoms with E-state index in [4.69, 9.17) is 16.3 Å². The number of hydrogen-bond acceptors (Lipinski definition) is 3. The van der Waals surface area contributed by atoms with Gasteiger partial charge in [-0.05, 0) is 48.9 Å². The Morgan fingerprint density at radius 3 is 2.70 bits per heavy atom. The lowest BCUT2D eigenvalue weighted by molar-refractivity contribution is -0.132. The van der Waals surface area contributed by atoms with Gasteiger partial charge in [0.2, 0.25) is 0 Å². The van der Waals surface area contributed by atoms with E-state index in [1.54, 1.807) is 23.1 Å². The zero-order valence-electron chi connectivity index (χ0n) is 16.5. The van der Waals surface area contributed by atoms with Crippen molar-refractivity contribution in [1.29, 1.82) is 0 Å². The molecule has 0 amide bonds. The number of ether oxygens (including phenoxy) is 1. The van der Waals surface area contributed by atoms with Gasteiger partial charge in [0.1, 0.15) is 23.9 Å². The first-order valence-corrected chi connectivity index (χ1v) is 9.95. The largest absolute Gasteiger partial charge is 0.487 e. The number of nitrogens with zero attached hydrogens (tertiary/aromatic N) is 2. The van der Waals surface area contributed by atoms with Crippen LogP contribution in [0.2, 0.25) is 5.02 Å². The van der Waals surface area contributed by atoms with Crippen LogP contribution in [0.3, 0.4) is 0 Å². The molecule has 0 unspecified atom stereocenters. The molecule has 30 heavy (non-hydrogen) atoms. The first-order valence-electron chi connectivity index (χ1n) is 9.57.